The van der Waals surface area contributed by atoms with Crippen molar-refractivity contribution in [3.05, 3.63) is 94.4 Å². The first-order chi connectivity index (χ1) is 35.7. The van der Waals surface area contributed by atoms with Gasteiger partial charge in [0, 0.05) is 35.7 Å². The highest BCUT2D eigenvalue weighted by atomic mass is 32.2. The molecule has 3 amide bonds. The second kappa shape index (κ2) is 24.7. The van der Waals surface area contributed by atoms with Crippen LogP contribution in [0.25, 0.3) is 10.9 Å². The monoisotopic (exact) mass is 1050 g/mol. The molecule has 0 spiro atoms. The molecule has 3 aromatic carbocycles. The maximum atomic E-state index is 14.7. The van der Waals surface area contributed by atoms with Crippen molar-refractivity contribution in [2.45, 2.75) is 128 Å². The van der Waals surface area contributed by atoms with Gasteiger partial charge in [-0.05, 0) is 114 Å². The Morgan fingerprint density at radius 1 is 0.827 bits per heavy atom. The number of H-pyrrole nitrogens is 1. The summed E-state index contributed by atoms with van der Waals surface area (Å²) in [5.74, 6) is 0.918. The summed E-state index contributed by atoms with van der Waals surface area (Å²) in [7, 11) is -2.16. The van der Waals surface area contributed by atoms with Crippen LogP contribution in [0.5, 0.6) is 11.5 Å². The van der Waals surface area contributed by atoms with Gasteiger partial charge in [-0.1, -0.05) is 51.1 Å². The van der Waals surface area contributed by atoms with Crippen LogP contribution in [0.1, 0.15) is 101 Å². The minimum absolute atomic E-state index is 0.0257. The van der Waals surface area contributed by atoms with Crippen molar-refractivity contribution in [2.24, 2.45) is 5.41 Å². The Morgan fingerprint density at radius 3 is 2.16 bits per heavy atom. The van der Waals surface area contributed by atoms with Crippen LogP contribution in [0.15, 0.2) is 65.8 Å². The highest BCUT2D eigenvalue weighted by Crippen LogP contribution is 2.38. The number of sulfone groups is 1. The van der Waals surface area contributed by atoms with Crippen LogP contribution < -0.4 is 30.7 Å². The van der Waals surface area contributed by atoms with Gasteiger partial charge >= 0.3 is 0 Å². The van der Waals surface area contributed by atoms with E-state index in [0.29, 0.717) is 61.1 Å². The molecule has 0 radical (unpaired) electrons. The van der Waals surface area contributed by atoms with Crippen molar-refractivity contribution in [3.63, 3.8) is 0 Å². The third-order valence-electron chi connectivity index (χ3n) is 13.8. The van der Waals surface area contributed by atoms with Crippen molar-refractivity contribution >= 4 is 50.1 Å². The highest BCUT2D eigenvalue weighted by Gasteiger charge is 2.43. The number of hydrogen-bond donors (Lipinski definition) is 5. The predicted molar refractivity (Wildman–Crippen MR) is 286 cm³/mol. The van der Waals surface area contributed by atoms with Gasteiger partial charge in [-0.15, -0.1) is 0 Å². The number of aromatic amines is 1. The average molecular weight is 1050 g/mol. The average Bonchev–Trinajstić information content (AvgIpc) is 3.69. The quantitative estimate of drug-likeness (QED) is 0.0447. The van der Waals surface area contributed by atoms with Gasteiger partial charge in [0.2, 0.25) is 17.7 Å². The minimum atomic E-state index is -3.85. The fourth-order valence-corrected chi connectivity index (χ4v) is 10.3. The van der Waals surface area contributed by atoms with Gasteiger partial charge in [-0.2, -0.15) is 5.10 Å². The molecule has 2 aliphatic rings. The van der Waals surface area contributed by atoms with E-state index >= 15 is 0 Å². The van der Waals surface area contributed by atoms with E-state index in [1.54, 1.807) is 51.8 Å². The Morgan fingerprint density at radius 2 is 1.51 bits per heavy atom. The van der Waals surface area contributed by atoms with E-state index in [1.807, 2.05) is 65.0 Å². The Balaban J connectivity index is 0.873. The van der Waals surface area contributed by atoms with Gasteiger partial charge in [0.15, 0.2) is 15.7 Å². The molecule has 19 nitrogen and oxygen atoms in total. The number of amides is 3. The molecule has 7 rings (SSSR count). The first-order valence-electron chi connectivity index (χ1n) is 25.8. The van der Waals surface area contributed by atoms with Gasteiger partial charge in [-0.3, -0.25) is 19.5 Å². The fourth-order valence-electron chi connectivity index (χ4n) is 9.01. The Kier molecular flexibility index (Phi) is 18.6. The minimum Gasteiger partial charge on any atom is -0.491 e. The van der Waals surface area contributed by atoms with E-state index in [1.165, 1.54) is 11.9 Å². The molecule has 0 bridgehead atoms. The molecule has 1 aliphatic carbocycles. The van der Waals surface area contributed by atoms with E-state index in [9.17, 15) is 22.8 Å². The first-order valence-corrected chi connectivity index (χ1v) is 27.2. The molecular weight excluding hydrogens is 979 g/mol. The van der Waals surface area contributed by atoms with Crippen LogP contribution in [0.3, 0.4) is 0 Å². The largest absolute Gasteiger partial charge is 0.491 e. The van der Waals surface area contributed by atoms with Gasteiger partial charge in [0.05, 0.1) is 62.0 Å². The third-order valence-corrected chi connectivity index (χ3v) is 16.3. The highest BCUT2D eigenvalue weighted by molar-refractivity contribution is 7.92. The summed E-state index contributed by atoms with van der Waals surface area (Å²) < 4.78 is 55.9. The number of nitrogens with one attached hydrogen (secondary N) is 5. The van der Waals surface area contributed by atoms with Crippen molar-refractivity contribution in [3.8, 4) is 11.5 Å². The summed E-state index contributed by atoms with van der Waals surface area (Å²) in [5, 5.41) is 20.2. The maximum Gasteiger partial charge on any atom is 0.246 e. The number of fused-ring (bicyclic) bond motifs is 3. The lowest BCUT2D eigenvalue weighted by molar-refractivity contribution is -0.147. The smallest absolute Gasteiger partial charge is 0.246 e. The molecule has 20 heteroatoms. The number of aryl methyl sites for hydroxylation is 2. The van der Waals surface area contributed by atoms with Gasteiger partial charge in [0.1, 0.15) is 53.8 Å². The molecule has 5 N–H and O–H groups in total. The molecule has 0 saturated heterocycles. The number of likely N-dealkylation sites (N-methyl/N-ethyl adjacent to an activating group) is 1. The zero-order valence-electron chi connectivity index (χ0n) is 45.1. The normalized spacial score (nSPS) is 16.6. The zero-order valence-corrected chi connectivity index (χ0v) is 45.9. The number of ether oxygens (including phenoxy) is 5. The molecule has 0 saturated carbocycles. The molecule has 1 aliphatic heterocycles. The van der Waals surface area contributed by atoms with E-state index < -0.39 is 38.1 Å². The molecular formula is C55H75N9O10S. The zero-order chi connectivity index (χ0) is 54.1. The maximum absolute atomic E-state index is 14.7. The summed E-state index contributed by atoms with van der Waals surface area (Å²) >= 11 is 0. The molecule has 2 aromatic heterocycles. The standard InChI is InChI=1S/C55H75N9O10S/c1-34-35(2)62-63-49(34)61-50-42-30-47(75(68,69)55(7,8)9)46(31-44(42)57-33-58-50)74-27-25-72-23-21-70-20-22-71-24-26-73-40-19-18-38-29-45(52(66)59-43-17-13-15-37-14-11-12-16-41(37)43)64(32-39(38)28-40)53(67)48(54(4,5)6)60-51(65)36(3)56-10/h11-12,14,16,18-19,28,30-31,33,36,43,45,48,56H,13,15,17,20-27,29,32H2,1-10H3,(H,59,66)(H,60,65)(H2,57,58,61,62,63)/t36-,43+,45-,48+/m0/s1. The first kappa shape index (κ1) is 56.5. The molecule has 3 heterocycles. The number of rotatable bonds is 23. The summed E-state index contributed by atoms with van der Waals surface area (Å²) in [5.41, 5.74) is 5.80. The Labute approximate surface area is 440 Å². The molecule has 0 unspecified atom stereocenters. The second-order valence-electron chi connectivity index (χ2n) is 21.2. The van der Waals surface area contributed by atoms with Gasteiger partial charge in [0.25, 0.3) is 0 Å². The number of nitrogens with zero attached hydrogens (tertiary/aromatic N) is 4. The molecule has 75 heavy (non-hydrogen) atoms. The summed E-state index contributed by atoms with van der Waals surface area (Å²) in [6, 6.07) is 14.7. The number of anilines is 2. The molecule has 5 aromatic rings. The Bertz CT molecular complexity index is 2920. The fraction of sp³-hybridized carbons (Fsp3) is 0.527. The lowest BCUT2D eigenvalue weighted by Crippen LogP contribution is -2.62. The van der Waals surface area contributed by atoms with Gasteiger partial charge < -0.3 is 49.9 Å². The van der Waals surface area contributed by atoms with E-state index in [0.717, 1.165) is 47.2 Å². The van der Waals surface area contributed by atoms with Gasteiger partial charge in [-0.25, -0.2) is 18.4 Å². The number of aromatic nitrogens is 4. The Hall–Kier alpha value is -6.19. The number of carbonyl (C=O) groups is 3. The number of benzene rings is 3. The summed E-state index contributed by atoms with van der Waals surface area (Å²) in [6.45, 7) is 18.5. The topological polar surface area (TPSA) is 237 Å². The van der Waals surface area contributed by atoms with Crippen molar-refractivity contribution in [1.82, 2.24) is 41.0 Å². The van der Waals surface area contributed by atoms with Crippen LogP contribution in [0, 0.1) is 19.3 Å². The third kappa shape index (κ3) is 13.8. The molecule has 4 atom stereocenters. The van der Waals surface area contributed by atoms with Crippen molar-refractivity contribution in [2.75, 3.05) is 65.2 Å². The lowest BCUT2D eigenvalue weighted by atomic mass is 9.83. The SMILES string of the molecule is CN[C@@H](C)C(=O)N[C@H](C(=O)N1Cc2cc(OCCOCCOCCOCCOc3cc4ncnc(Nc5n[nH]c(C)c5C)c4cc3S(=O)(=O)C(C)(C)C)ccc2C[C@H]1C(=O)N[C@@H]1CCCc2ccccc21)C(C)(C)C. The summed E-state index contributed by atoms with van der Waals surface area (Å²) in [4.78, 5) is 52.7. The van der Waals surface area contributed by atoms with E-state index in [-0.39, 0.29) is 67.4 Å². The number of hydrogen-bond acceptors (Lipinski definition) is 15. The van der Waals surface area contributed by atoms with Crippen LogP contribution in [0.4, 0.5) is 11.6 Å². The van der Waals surface area contributed by atoms with Crippen LogP contribution >= 0.6 is 0 Å². The van der Waals surface area contributed by atoms with E-state index in [4.69, 9.17) is 23.7 Å². The van der Waals surface area contributed by atoms with Crippen molar-refractivity contribution in [1.29, 1.82) is 0 Å². The summed E-state index contributed by atoms with van der Waals surface area (Å²) in [6.07, 6.45) is 4.43. The lowest BCUT2D eigenvalue weighted by Gasteiger charge is -2.41. The second-order valence-corrected chi connectivity index (χ2v) is 23.9. The van der Waals surface area contributed by atoms with Crippen molar-refractivity contribution < 1.29 is 46.5 Å². The van der Waals surface area contributed by atoms with Crippen LogP contribution in [-0.4, -0.2) is 134 Å². The van der Waals surface area contributed by atoms with E-state index in [2.05, 4.69) is 53.6 Å². The molecule has 406 valence electrons. The molecule has 0 fully saturated rings. The van der Waals surface area contributed by atoms with Crippen LogP contribution in [0.2, 0.25) is 0 Å². The number of carbonyl (C=O) groups excluding carboxylic acids is 3. The van der Waals surface area contributed by atoms with Crippen LogP contribution in [-0.2, 0) is 57.8 Å². The predicted octanol–water partition coefficient (Wildman–Crippen LogP) is 6.38.